The molecule has 2 N–H and O–H groups in total. The highest BCUT2D eigenvalue weighted by Gasteiger charge is 2.36. The minimum Gasteiger partial charge on any atom is -0.406 e. The minimum atomic E-state index is -5.11. The quantitative estimate of drug-likeness (QED) is 0.410. The summed E-state index contributed by atoms with van der Waals surface area (Å²) in [4.78, 5) is 26.8. The van der Waals surface area contributed by atoms with E-state index >= 15 is 4.39 Å². The molecule has 1 aliphatic rings. The van der Waals surface area contributed by atoms with Crippen molar-refractivity contribution in [2.45, 2.75) is 64.1 Å². The summed E-state index contributed by atoms with van der Waals surface area (Å²) in [5.74, 6) is -4.33. The lowest BCUT2D eigenvalue weighted by molar-refractivity contribution is -0.274. The molecule has 0 spiro atoms. The number of nitrogens with one attached hydrogen (secondary N) is 1. The molecule has 15 heteroatoms. The van der Waals surface area contributed by atoms with E-state index in [-0.39, 0.29) is 35.4 Å². The summed E-state index contributed by atoms with van der Waals surface area (Å²) < 4.78 is 98.0. The van der Waals surface area contributed by atoms with Crippen LogP contribution < -0.4 is 15.7 Å². The molecule has 1 fully saturated rings. The first kappa shape index (κ1) is 30.5. The fourth-order valence-corrected chi connectivity index (χ4v) is 6.38. The van der Waals surface area contributed by atoms with E-state index in [1.807, 2.05) is 0 Å². The third-order valence-electron chi connectivity index (χ3n) is 7.35. The number of nitrogens with zero attached hydrogens (tertiary/aromatic N) is 2. The van der Waals surface area contributed by atoms with Crippen molar-refractivity contribution in [3.63, 3.8) is 0 Å². The number of hydrogen-bond acceptors (Lipinski definition) is 6. The minimum absolute atomic E-state index is 0.0946. The Kier molecular flexibility index (Phi) is 7.53. The number of carbonyl (C=O) groups excluding carboxylic acids is 1. The second-order valence-electron chi connectivity index (χ2n) is 11.0. The van der Waals surface area contributed by atoms with Crippen molar-refractivity contribution < 1.29 is 45.0 Å². The van der Waals surface area contributed by atoms with Crippen LogP contribution in [0.3, 0.4) is 0 Å². The monoisotopic (exact) mass is 605 g/mol. The average Bonchev–Trinajstić information content (AvgIpc) is 3.10. The van der Waals surface area contributed by atoms with Gasteiger partial charge in [0, 0.05) is 17.7 Å². The molecule has 3 aromatic rings. The summed E-state index contributed by atoms with van der Waals surface area (Å²) >= 11 is 0. The van der Waals surface area contributed by atoms with Gasteiger partial charge in [-0.3, -0.25) is 13.9 Å². The number of amides is 1. The van der Waals surface area contributed by atoms with Crippen LogP contribution in [0.5, 0.6) is 5.75 Å². The molecule has 1 saturated heterocycles. The van der Waals surface area contributed by atoms with Crippen LogP contribution in [0.4, 0.5) is 22.0 Å². The standard InChI is InChI=1S/C26H28F5N3O6S/c1-14(24(2,3)37)33-20-12-16(22(35)32-25(4)7-9-41(38,39)10-8-25)18(28)13-21(20)34(23(33)36)19-11-15(5-6-17(19)27)40-26(29,30)31/h5-6,11-14,37H,7-10H2,1-4H3,(H,32,35). The first-order valence-electron chi connectivity index (χ1n) is 12.5. The third kappa shape index (κ3) is 6.25. The zero-order valence-corrected chi connectivity index (χ0v) is 23.3. The molecule has 1 aliphatic heterocycles. The van der Waals surface area contributed by atoms with Gasteiger partial charge in [0.05, 0.1) is 45.4 Å². The predicted molar refractivity (Wildman–Crippen MR) is 139 cm³/mol. The lowest BCUT2D eigenvalue weighted by Gasteiger charge is -2.34. The van der Waals surface area contributed by atoms with E-state index in [4.69, 9.17) is 0 Å². The van der Waals surface area contributed by atoms with E-state index in [0.717, 1.165) is 16.7 Å². The maximum Gasteiger partial charge on any atom is 0.573 e. The van der Waals surface area contributed by atoms with Gasteiger partial charge >= 0.3 is 12.1 Å². The Bertz CT molecular complexity index is 1670. The molecule has 0 radical (unpaired) electrons. The molecule has 0 aliphatic carbocycles. The second kappa shape index (κ2) is 10.1. The Morgan fingerprint density at radius 3 is 2.24 bits per heavy atom. The highest BCUT2D eigenvalue weighted by atomic mass is 32.2. The topological polar surface area (TPSA) is 120 Å². The van der Waals surface area contributed by atoms with Crippen LogP contribution in [0.25, 0.3) is 16.7 Å². The number of rotatable bonds is 6. The van der Waals surface area contributed by atoms with E-state index in [9.17, 15) is 40.7 Å². The van der Waals surface area contributed by atoms with Crippen LogP contribution in [-0.2, 0) is 9.84 Å². The summed E-state index contributed by atoms with van der Waals surface area (Å²) in [6.45, 7) is 5.82. The van der Waals surface area contributed by atoms with E-state index in [0.29, 0.717) is 22.8 Å². The summed E-state index contributed by atoms with van der Waals surface area (Å²) in [6, 6.07) is 2.73. The van der Waals surface area contributed by atoms with Crippen molar-refractivity contribution >= 4 is 26.8 Å². The van der Waals surface area contributed by atoms with E-state index in [2.05, 4.69) is 10.1 Å². The smallest absolute Gasteiger partial charge is 0.406 e. The van der Waals surface area contributed by atoms with E-state index in [1.165, 1.54) is 20.8 Å². The fourth-order valence-electron chi connectivity index (χ4n) is 4.65. The van der Waals surface area contributed by atoms with Crippen molar-refractivity contribution in [1.82, 2.24) is 14.5 Å². The van der Waals surface area contributed by atoms with Crippen LogP contribution in [0, 0.1) is 11.6 Å². The molecule has 224 valence electrons. The number of aromatic nitrogens is 2. The van der Waals surface area contributed by atoms with Crippen molar-refractivity contribution in [3.8, 4) is 11.4 Å². The van der Waals surface area contributed by atoms with Crippen LogP contribution in [0.15, 0.2) is 35.1 Å². The molecule has 0 bridgehead atoms. The highest BCUT2D eigenvalue weighted by molar-refractivity contribution is 7.91. The Balaban J connectivity index is 1.90. The first-order valence-corrected chi connectivity index (χ1v) is 14.3. The Hall–Kier alpha value is -3.46. The third-order valence-corrected chi connectivity index (χ3v) is 9.01. The molecule has 2 heterocycles. The molecule has 1 aromatic heterocycles. The predicted octanol–water partition coefficient (Wildman–Crippen LogP) is 4.00. The van der Waals surface area contributed by atoms with Crippen molar-refractivity contribution in [3.05, 3.63) is 58.0 Å². The van der Waals surface area contributed by atoms with Crippen molar-refractivity contribution in [2.24, 2.45) is 0 Å². The van der Waals surface area contributed by atoms with Crippen molar-refractivity contribution in [2.75, 3.05) is 11.5 Å². The molecule has 9 nitrogen and oxygen atoms in total. The molecular formula is C26H28F5N3O6S. The maximum atomic E-state index is 15.4. The number of carbonyl (C=O) groups is 1. The average molecular weight is 606 g/mol. The summed E-state index contributed by atoms with van der Waals surface area (Å²) in [6.07, 6.45) is -4.92. The number of fused-ring (bicyclic) bond motifs is 1. The summed E-state index contributed by atoms with van der Waals surface area (Å²) in [5, 5.41) is 13.3. The molecule has 41 heavy (non-hydrogen) atoms. The molecular weight excluding hydrogens is 577 g/mol. The van der Waals surface area contributed by atoms with Gasteiger partial charge < -0.3 is 15.2 Å². The second-order valence-corrected chi connectivity index (χ2v) is 13.3. The van der Waals surface area contributed by atoms with Gasteiger partial charge in [0.25, 0.3) is 5.91 Å². The first-order chi connectivity index (χ1) is 18.7. The Labute approximate surface area is 231 Å². The van der Waals surface area contributed by atoms with Crippen LogP contribution in [0.1, 0.15) is 56.9 Å². The highest BCUT2D eigenvalue weighted by Crippen LogP contribution is 2.32. The number of aliphatic hydroxyl groups is 1. The fraction of sp³-hybridized carbons (Fsp3) is 0.462. The van der Waals surface area contributed by atoms with Crippen LogP contribution >= 0.6 is 0 Å². The van der Waals surface area contributed by atoms with Gasteiger partial charge in [0.1, 0.15) is 27.2 Å². The van der Waals surface area contributed by atoms with Gasteiger partial charge in [-0.2, -0.15) is 0 Å². The molecule has 1 unspecified atom stereocenters. The van der Waals surface area contributed by atoms with Crippen molar-refractivity contribution in [1.29, 1.82) is 0 Å². The number of sulfone groups is 1. The SMILES string of the molecule is CC(n1c(=O)n(-c2cc(OC(F)(F)F)ccc2F)c2cc(F)c(C(=O)NC3(C)CCS(=O)(=O)CC3)cc21)C(C)(C)O. The summed E-state index contributed by atoms with van der Waals surface area (Å²) in [7, 11) is -3.26. The number of imidazole rings is 1. The zero-order valence-electron chi connectivity index (χ0n) is 22.5. The van der Waals surface area contributed by atoms with Crippen LogP contribution in [0.2, 0.25) is 0 Å². The van der Waals surface area contributed by atoms with E-state index in [1.54, 1.807) is 6.92 Å². The number of benzene rings is 2. The van der Waals surface area contributed by atoms with Gasteiger partial charge in [-0.15, -0.1) is 13.2 Å². The molecule has 1 atom stereocenters. The number of alkyl halides is 3. The summed E-state index contributed by atoms with van der Waals surface area (Å²) in [5.41, 5.74) is -5.17. The van der Waals surface area contributed by atoms with Gasteiger partial charge in [-0.25, -0.2) is 22.0 Å². The van der Waals surface area contributed by atoms with Gasteiger partial charge in [0.2, 0.25) is 0 Å². The number of halogens is 5. The van der Waals surface area contributed by atoms with Gasteiger partial charge in [-0.1, -0.05) is 0 Å². The molecule has 1 amide bonds. The molecule has 2 aromatic carbocycles. The lowest BCUT2D eigenvalue weighted by Crippen LogP contribution is -2.51. The number of ether oxygens (including phenoxy) is 1. The van der Waals surface area contributed by atoms with Gasteiger partial charge in [0.15, 0.2) is 0 Å². The van der Waals surface area contributed by atoms with E-state index < -0.39 is 73.6 Å². The van der Waals surface area contributed by atoms with Crippen LogP contribution in [-0.4, -0.2) is 57.6 Å². The largest absolute Gasteiger partial charge is 0.573 e. The Morgan fingerprint density at radius 1 is 1.07 bits per heavy atom. The maximum absolute atomic E-state index is 15.4. The lowest BCUT2D eigenvalue weighted by atomic mass is 9.94. The Morgan fingerprint density at radius 2 is 1.68 bits per heavy atom. The normalized spacial score (nSPS) is 17.8. The molecule has 4 rings (SSSR count). The zero-order chi connectivity index (χ0) is 30.7. The van der Waals surface area contributed by atoms with Gasteiger partial charge in [-0.05, 0) is 58.7 Å². The molecule has 0 saturated carbocycles. The number of hydrogen-bond donors (Lipinski definition) is 2.